The number of hydrogen-bond donors (Lipinski definition) is 1. The van der Waals surface area contributed by atoms with Crippen molar-refractivity contribution in [3.63, 3.8) is 0 Å². The molecule has 0 saturated carbocycles. The minimum absolute atomic E-state index is 0.327. The van der Waals surface area contributed by atoms with Gasteiger partial charge in [-0.3, -0.25) is 9.69 Å². The molecule has 0 saturated heterocycles. The number of hydrogen-bond acceptors (Lipinski definition) is 3. The van der Waals surface area contributed by atoms with E-state index in [4.69, 9.17) is 4.98 Å². The Kier molecular flexibility index (Phi) is 7.07. The summed E-state index contributed by atoms with van der Waals surface area (Å²) in [5.74, 6) is -0.338. The fourth-order valence-corrected chi connectivity index (χ4v) is 4.32. The Balaban J connectivity index is 1.65. The number of rotatable bonds is 9. The van der Waals surface area contributed by atoms with Crippen molar-refractivity contribution in [3.8, 4) is 0 Å². The number of nitrogens with zero attached hydrogens (tertiary/aromatic N) is 3. The van der Waals surface area contributed by atoms with E-state index >= 15 is 0 Å². The Hall–Kier alpha value is -3.93. The fourth-order valence-electron chi connectivity index (χ4n) is 4.32. The van der Waals surface area contributed by atoms with E-state index in [-0.39, 0.29) is 5.91 Å². The lowest BCUT2D eigenvalue weighted by molar-refractivity contribution is -0.140. The van der Waals surface area contributed by atoms with Gasteiger partial charge in [-0.05, 0) is 41.8 Å². The van der Waals surface area contributed by atoms with E-state index in [1.165, 1.54) is 11.8 Å². The number of carboxylic acids is 1. The number of aryl methyl sites for hydroxylation is 1. The first-order valence-corrected chi connectivity index (χ1v) is 11.6. The Morgan fingerprint density at radius 2 is 1.65 bits per heavy atom. The predicted octanol–water partition coefficient (Wildman–Crippen LogP) is 5.61. The number of carbonyl (C=O) groups excluding carboxylic acids is 1. The topological polar surface area (TPSA) is 75.4 Å². The number of unbranched alkanes of at least 4 members (excludes halogenated alkanes) is 1. The fraction of sp³-hybridized carbons (Fsp3) is 0.250. The van der Waals surface area contributed by atoms with Crippen LogP contribution in [0.4, 0.5) is 5.69 Å². The van der Waals surface area contributed by atoms with Crippen molar-refractivity contribution in [2.75, 3.05) is 4.90 Å². The second kappa shape index (κ2) is 10.3. The molecule has 0 fully saturated rings. The van der Waals surface area contributed by atoms with Gasteiger partial charge < -0.3 is 9.67 Å². The van der Waals surface area contributed by atoms with E-state index in [9.17, 15) is 14.7 Å². The van der Waals surface area contributed by atoms with Crippen LogP contribution in [0.2, 0.25) is 0 Å². The monoisotopic (exact) mass is 455 g/mol. The number of imidazole rings is 1. The molecule has 0 aliphatic carbocycles. The quantitative estimate of drug-likeness (QED) is 0.356. The van der Waals surface area contributed by atoms with Crippen molar-refractivity contribution in [1.82, 2.24) is 9.55 Å². The van der Waals surface area contributed by atoms with Crippen LogP contribution in [0.3, 0.4) is 0 Å². The molecule has 0 spiro atoms. The zero-order valence-corrected chi connectivity index (χ0v) is 19.5. The van der Waals surface area contributed by atoms with Gasteiger partial charge in [-0.15, -0.1) is 0 Å². The molecule has 1 amide bonds. The Bertz CT molecular complexity index is 1280. The molecule has 1 aromatic heterocycles. The van der Waals surface area contributed by atoms with Gasteiger partial charge in [0, 0.05) is 25.6 Å². The Labute approximate surface area is 199 Å². The molecule has 174 valence electrons. The summed E-state index contributed by atoms with van der Waals surface area (Å²) in [6, 6.07) is 23.4. The minimum Gasteiger partial charge on any atom is -0.479 e. The third-order valence-electron chi connectivity index (χ3n) is 5.99. The molecule has 0 aliphatic heterocycles. The maximum absolute atomic E-state index is 12.5. The lowest BCUT2D eigenvalue weighted by Gasteiger charge is -2.28. The molecule has 4 aromatic rings. The molecule has 1 unspecified atom stereocenters. The summed E-state index contributed by atoms with van der Waals surface area (Å²) >= 11 is 0. The van der Waals surface area contributed by atoms with Crippen LogP contribution in [0.5, 0.6) is 0 Å². The molecule has 3 aromatic carbocycles. The number of carbonyl (C=O) groups is 2. The summed E-state index contributed by atoms with van der Waals surface area (Å²) < 4.78 is 2.24. The number of carboxylic acid groups (broad SMARTS) is 1. The minimum atomic E-state index is -1.09. The van der Waals surface area contributed by atoms with Crippen molar-refractivity contribution in [2.45, 2.75) is 45.7 Å². The summed E-state index contributed by atoms with van der Waals surface area (Å²) in [6.07, 6.45) is 3.09. The van der Waals surface area contributed by atoms with Crippen LogP contribution < -0.4 is 4.90 Å². The van der Waals surface area contributed by atoms with Crippen LogP contribution >= 0.6 is 0 Å². The van der Waals surface area contributed by atoms with E-state index < -0.39 is 12.0 Å². The summed E-state index contributed by atoms with van der Waals surface area (Å²) in [4.78, 5) is 30.9. The number of fused-ring (bicyclic) bond motifs is 1. The lowest BCUT2D eigenvalue weighted by atomic mass is 10.0. The zero-order chi connectivity index (χ0) is 24.1. The van der Waals surface area contributed by atoms with Crippen molar-refractivity contribution in [2.24, 2.45) is 0 Å². The van der Waals surface area contributed by atoms with Gasteiger partial charge in [0.1, 0.15) is 5.82 Å². The highest BCUT2D eigenvalue weighted by atomic mass is 16.4. The van der Waals surface area contributed by atoms with Crippen molar-refractivity contribution in [3.05, 3.63) is 95.8 Å². The second-order valence-corrected chi connectivity index (χ2v) is 8.41. The number of anilines is 1. The van der Waals surface area contributed by atoms with Gasteiger partial charge in [-0.1, -0.05) is 67.9 Å². The molecule has 6 heteroatoms. The molecule has 1 N–H and O–H groups in total. The molecule has 6 nitrogen and oxygen atoms in total. The van der Waals surface area contributed by atoms with Crippen molar-refractivity contribution < 1.29 is 14.7 Å². The van der Waals surface area contributed by atoms with Crippen molar-refractivity contribution in [1.29, 1.82) is 0 Å². The predicted molar refractivity (Wildman–Crippen MR) is 134 cm³/mol. The van der Waals surface area contributed by atoms with Crippen LogP contribution in [0, 0.1) is 0 Å². The summed E-state index contributed by atoms with van der Waals surface area (Å²) in [5, 5.41) is 9.93. The standard InChI is InChI=1S/C28H29N3O3/c1-3-4-14-26-29-24-12-8-9-13-25(24)30(26)19-21-15-17-23(18-16-21)31(20(2)32)27(28(33)34)22-10-6-5-7-11-22/h5-13,15-18,27H,3-4,14,19H2,1-2H3,(H,33,34). The van der Waals surface area contributed by atoms with Gasteiger partial charge in [-0.2, -0.15) is 0 Å². The molecule has 0 radical (unpaired) electrons. The maximum Gasteiger partial charge on any atom is 0.331 e. The van der Waals surface area contributed by atoms with E-state index in [2.05, 4.69) is 17.6 Å². The van der Waals surface area contributed by atoms with Crippen LogP contribution in [-0.2, 0) is 22.6 Å². The zero-order valence-electron chi connectivity index (χ0n) is 19.5. The highest BCUT2D eigenvalue weighted by molar-refractivity contribution is 5.98. The molecule has 4 rings (SSSR count). The second-order valence-electron chi connectivity index (χ2n) is 8.41. The van der Waals surface area contributed by atoms with E-state index in [0.717, 1.165) is 41.7 Å². The number of benzene rings is 3. The van der Waals surface area contributed by atoms with Crippen LogP contribution in [0.1, 0.15) is 49.7 Å². The molecule has 1 atom stereocenters. The van der Waals surface area contributed by atoms with E-state index in [0.29, 0.717) is 17.8 Å². The third kappa shape index (κ3) is 4.86. The normalized spacial score (nSPS) is 11.9. The maximum atomic E-state index is 12.5. The number of para-hydroxylation sites is 2. The third-order valence-corrected chi connectivity index (χ3v) is 5.99. The van der Waals surface area contributed by atoms with Crippen LogP contribution in [0.15, 0.2) is 78.9 Å². The molecular formula is C28H29N3O3. The number of amides is 1. The SMILES string of the molecule is CCCCc1nc2ccccc2n1Cc1ccc(N(C(C)=O)C(C(=O)O)c2ccccc2)cc1. The Morgan fingerprint density at radius 3 is 2.29 bits per heavy atom. The van der Waals surface area contributed by atoms with Gasteiger partial charge in [-0.25, -0.2) is 9.78 Å². The number of aromatic nitrogens is 2. The average Bonchev–Trinajstić information content (AvgIpc) is 3.19. The first kappa shape index (κ1) is 23.2. The summed E-state index contributed by atoms with van der Waals surface area (Å²) in [7, 11) is 0. The molecule has 34 heavy (non-hydrogen) atoms. The van der Waals surface area contributed by atoms with Crippen molar-refractivity contribution >= 4 is 28.6 Å². The molecule has 0 aliphatic rings. The highest BCUT2D eigenvalue weighted by Crippen LogP contribution is 2.29. The van der Waals surface area contributed by atoms with Gasteiger partial charge in [0.25, 0.3) is 0 Å². The molecular weight excluding hydrogens is 426 g/mol. The van der Waals surface area contributed by atoms with Gasteiger partial charge in [0.2, 0.25) is 5.91 Å². The summed E-state index contributed by atoms with van der Waals surface area (Å²) in [5.41, 5.74) is 4.24. The molecule has 0 bridgehead atoms. The highest BCUT2D eigenvalue weighted by Gasteiger charge is 2.30. The largest absolute Gasteiger partial charge is 0.479 e. The first-order valence-electron chi connectivity index (χ1n) is 11.6. The first-order chi connectivity index (χ1) is 16.5. The lowest BCUT2D eigenvalue weighted by Crippen LogP contribution is -2.37. The van der Waals surface area contributed by atoms with Gasteiger partial charge in [0.05, 0.1) is 11.0 Å². The van der Waals surface area contributed by atoms with E-state index in [1.54, 1.807) is 24.3 Å². The number of aliphatic carboxylic acids is 1. The average molecular weight is 456 g/mol. The van der Waals surface area contributed by atoms with Gasteiger partial charge >= 0.3 is 5.97 Å². The van der Waals surface area contributed by atoms with Crippen LogP contribution in [0.25, 0.3) is 11.0 Å². The summed E-state index contributed by atoms with van der Waals surface area (Å²) in [6.45, 7) is 4.22. The van der Waals surface area contributed by atoms with Gasteiger partial charge in [0.15, 0.2) is 6.04 Å². The van der Waals surface area contributed by atoms with Crippen LogP contribution in [-0.4, -0.2) is 26.5 Å². The smallest absolute Gasteiger partial charge is 0.331 e. The van der Waals surface area contributed by atoms with E-state index in [1.807, 2.05) is 48.5 Å². The Morgan fingerprint density at radius 1 is 0.971 bits per heavy atom. The molecule has 1 heterocycles.